The van der Waals surface area contributed by atoms with E-state index in [-0.39, 0.29) is 0 Å². The summed E-state index contributed by atoms with van der Waals surface area (Å²) < 4.78 is 73.8. The van der Waals surface area contributed by atoms with Crippen molar-refractivity contribution >= 4 is 0 Å². The second kappa shape index (κ2) is 4.80. The Bertz CT molecular complexity index is 183. The summed E-state index contributed by atoms with van der Waals surface area (Å²) >= 11 is 0. The average Bonchev–Trinajstić information content (AvgIpc) is 1.95. The van der Waals surface area contributed by atoms with Gasteiger partial charge in [-0.1, -0.05) is 0 Å². The molecule has 0 radical (unpaired) electrons. The minimum absolute atomic E-state index is 1.43. The fourth-order valence-electron chi connectivity index (χ4n) is 0.303. The Balaban J connectivity index is 4.22. The minimum Gasteiger partial charge on any atom is -0.431 e. The van der Waals surface area contributed by atoms with Crippen LogP contribution in [0.5, 0.6) is 0 Å². The normalized spacial score (nSPS) is 10.9. The Hall–Kier alpha value is -1.12. The van der Waals surface area contributed by atoms with E-state index >= 15 is 0 Å². The Kier molecular flexibility index (Phi) is 4.38. The quantitative estimate of drug-likeness (QED) is 0.407. The number of rotatable bonds is 4. The van der Waals surface area contributed by atoms with Crippen molar-refractivity contribution in [3.63, 3.8) is 0 Å². The van der Waals surface area contributed by atoms with Gasteiger partial charge >= 0.3 is 18.4 Å². The van der Waals surface area contributed by atoms with Gasteiger partial charge in [0.1, 0.15) is 0 Å². The summed E-state index contributed by atoms with van der Waals surface area (Å²) in [7, 11) is 0. The molecule has 0 aliphatic rings. The lowest BCUT2D eigenvalue weighted by molar-refractivity contribution is -0.333. The van der Waals surface area contributed by atoms with E-state index in [2.05, 4.69) is 14.4 Å². The Morgan fingerprint density at radius 1 is 1.15 bits per heavy atom. The highest BCUT2D eigenvalue weighted by atomic mass is 19.4. The first-order valence-electron chi connectivity index (χ1n) is 2.54. The molecule has 78 valence electrons. The number of alkyl halides is 3. The van der Waals surface area contributed by atoms with Crippen LogP contribution >= 0.6 is 0 Å². The molecule has 0 aromatic heterocycles. The van der Waals surface area contributed by atoms with E-state index in [0.717, 1.165) is 0 Å². The molecule has 0 saturated heterocycles. The third-order valence-corrected chi connectivity index (χ3v) is 0.597. The van der Waals surface area contributed by atoms with E-state index in [0.29, 0.717) is 0 Å². The Morgan fingerprint density at radius 2 is 1.69 bits per heavy atom. The van der Waals surface area contributed by atoms with Crippen molar-refractivity contribution < 1.29 is 40.9 Å². The van der Waals surface area contributed by atoms with Crippen molar-refractivity contribution in [3.8, 4) is 0 Å². The first-order chi connectivity index (χ1) is 5.87. The maximum absolute atomic E-state index is 11.5. The van der Waals surface area contributed by atoms with Crippen LogP contribution < -0.4 is 0 Å². The van der Waals surface area contributed by atoms with Crippen LogP contribution in [-0.4, -0.2) is 13.2 Å². The monoisotopic (exact) mass is 212 g/mol. The van der Waals surface area contributed by atoms with Crippen molar-refractivity contribution in [3.05, 3.63) is 12.0 Å². The molecule has 0 heterocycles. The summed E-state index contributed by atoms with van der Waals surface area (Å²) in [6, 6.07) is 0. The number of halogens is 6. The van der Waals surface area contributed by atoms with Gasteiger partial charge in [-0.25, -0.2) is 0 Å². The van der Waals surface area contributed by atoms with Gasteiger partial charge in [-0.05, 0) is 4.53 Å². The van der Waals surface area contributed by atoms with Crippen LogP contribution in [0.4, 0.5) is 26.5 Å². The van der Waals surface area contributed by atoms with E-state index in [9.17, 15) is 26.5 Å². The predicted octanol–water partition coefficient (Wildman–Crippen LogP) is 2.46. The van der Waals surface area contributed by atoms with Gasteiger partial charge in [0, 0.05) is 0 Å². The lowest BCUT2D eigenvalue weighted by Crippen LogP contribution is -2.15. The van der Waals surface area contributed by atoms with Crippen LogP contribution in [0.3, 0.4) is 0 Å². The molecule has 0 bridgehead atoms. The molecule has 0 unspecified atom stereocenters. The summed E-state index contributed by atoms with van der Waals surface area (Å²) in [5.74, 6) is -2.15. The van der Waals surface area contributed by atoms with Gasteiger partial charge in [0.05, 0.1) is 0 Å². The molecule has 0 aliphatic heterocycles. The van der Waals surface area contributed by atoms with E-state index in [1.54, 1.807) is 0 Å². The number of ether oxygens (including phenoxy) is 2. The van der Waals surface area contributed by atoms with Gasteiger partial charge in [-0.2, -0.15) is 13.7 Å². The minimum atomic E-state index is -5.34. The van der Waals surface area contributed by atoms with E-state index in [4.69, 9.17) is 0 Å². The summed E-state index contributed by atoms with van der Waals surface area (Å²) in [4.78, 5) is 2.60. The molecule has 0 fully saturated rings. The van der Waals surface area contributed by atoms with Gasteiger partial charge < -0.3 is 9.47 Å². The van der Waals surface area contributed by atoms with Gasteiger partial charge in [0.15, 0.2) is 0 Å². The van der Waals surface area contributed by atoms with E-state index in [1.165, 1.54) is 0 Å². The van der Waals surface area contributed by atoms with Crippen molar-refractivity contribution in [2.45, 2.75) is 6.36 Å². The topological polar surface area (TPSA) is 27.7 Å². The fourth-order valence-corrected chi connectivity index (χ4v) is 0.303. The van der Waals surface area contributed by atoms with Crippen LogP contribution in [-0.2, 0) is 14.4 Å². The molecule has 0 aromatic carbocycles. The van der Waals surface area contributed by atoms with Crippen LogP contribution in [0.15, 0.2) is 12.0 Å². The Labute approximate surface area is 67.4 Å². The molecule has 0 amide bonds. The molecule has 0 aliphatic carbocycles. The van der Waals surface area contributed by atoms with E-state index < -0.39 is 25.2 Å². The average molecular weight is 212 g/mol. The molecular weight excluding hydrogens is 210 g/mol. The van der Waals surface area contributed by atoms with Gasteiger partial charge in [0.25, 0.3) is 0 Å². The molecule has 0 saturated carbocycles. The van der Waals surface area contributed by atoms with E-state index in [1.807, 2.05) is 0 Å². The Morgan fingerprint density at radius 3 is 2.00 bits per heavy atom. The molecular formula is C4H2F6O3. The SMILES string of the molecule is FOCOC(OC(F)(F)F)=C(F)F. The molecule has 0 atom stereocenters. The molecule has 3 nitrogen and oxygen atoms in total. The van der Waals surface area contributed by atoms with Gasteiger partial charge in [-0.3, -0.25) is 0 Å². The first-order valence-corrected chi connectivity index (χ1v) is 2.54. The molecule has 0 N–H and O–H groups in total. The highest BCUT2D eigenvalue weighted by Gasteiger charge is 2.35. The molecule has 0 spiro atoms. The summed E-state index contributed by atoms with van der Waals surface area (Å²) in [6.07, 6.45) is -8.22. The van der Waals surface area contributed by atoms with Crippen LogP contribution in [0.2, 0.25) is 0 Å². The maximum atomic E-state index is 11.5. The molecule has 9 heteroatoms. The van der Waals surface area contributed by atoms with Crippen molar-refractivity contribution in [2.75, 3.05) is 6.79 Å². The largest absolute Gasteiger partial charge is 0.575 e. The number of hydrogen-bond acceptors (Lipinski definition) is 3. The zero-order valence-corrected chi connectivity index (χ0v) is 5.70. The fraction of sp³-hybridized carbons (Fsp3) is 0.500. The maximum Gasteiger partial charge on any atom is 0.575 e. The third-order valence-electron chi connectivity index (χ3n) is 0.597. The second-order valence-corrected chi connectivity index (χ2v) is 1.47. The molecule has 13 heavy (non-hydrogen) atoms. The van der Waals surface area contributed by atoms with Crippen molar-refractivity contribution in [2.24, 2.45) is 0 Å². The zero-order chi connectivity index (χ0) is 10.5. The standard InChI is InChI=1S/C4H2F6O3/c5-2(6)3(11-1-12-10)13-4(7,8)9/h1H2. The second-order valence-electron chi connectivity index (χ2n) is 1.47. The number of hydrogen-bond donors (Lipinski definition) is 0. The molecule has 0 aromatic rings. The van der Waals surface area contributed by atoms with Crippen LogP contribution in [0.25, 0.3) is 0 Å². The lowest BCUT2D eigenvalue weighted by atomic mass is 10.9. The van der Waals surface area contributed by atoms with Crippen molar-refractivity contribution in [1.29, 1.82) is 0 Å². The van der Waals surface area contributed by atoms with Crippen molar-refractivity contribution in [1.82, 2.24) is 0 Å². The van der Waals surface area contributed by atoms with Crippen LogP contribution in [0.1, 0.15) is 0 Å². The highest BCUT2D eigenvalue weighted by Crippen LogP contribution is 2.24. The zero-order valence-electron chi connectivity index (χ0n) is 5.70. The third kappa shape index (κ3) is 6.08. The van der Waals surface area contributed by atoms with Crippen LogP contribution in [0, 0.1) is 0 Å². The van der Waals surface area contributed by atoms with Gasteiger partial charge in [-0.15, -0.1) is 13.2 Å². The summed E-state index contributed by atoms with van der Waals surface area (Å²) in [6.45, 7) is -1.43. The smallest absolute Gasteiger partial charge is 0.431 e. The van der Waals surface area contributed by atoms with Gasteiger partial charge in [0.2, 0.25) is 6.79 Å². The predicted molar refractivity (Wildman–Crippen MR) is 24.5 cm³/mol. The summed E-state index contributed by atoms with van der Waals surface area (Å²) in [5, 5.41) is 0. The highest BCUT2D eigenvalue weighted by molar-refractivity contribution is 4.82. The lowest BCUT2D eigenvalue weighted by Gasteiger charge is -2.10. The molecule has 0 rings (SSSR count). The summed E-state index contributed by atoms with van der Waals surface area (Å²) in [5.41, 5.74) is 0. The first kappa shape index (κ1) is 11.9.